The monoisotopic (exact) mass is 401 g/mol. The molecule has 3 aromatic heterocycles. The summed E-state index contributed by atoms with van der Waals surface area (Å²) in [5, 5.41) is 14.9. The van der Waals surface area contributed by atoms with Gasteiger partial charge in [-0.3, -0.25) is 14.7 Å². The van der Waals surface area contributed by atoms with Gasteiger partial charge in [0.25, 0.3) is 11.8 Å². The summed E-state index contributed by atoms with van der Waals surface area (Å²) in [5.41, 5.74) is 0.407. The van der Waals surface area contributed by atoms with Crippen LogP contribution in [0.1, 0.15) is 25.0 Å². The normalized spacial score (nSPS) is 10.9. The predicted molar refractivity (Wildman–Crippen MR) is 102 cm³/mol. The highest BCUT2D eigenvalue weighted by Crippen LogP contribution is 2.29. The Morgan fingerprint density at radius 3 is 2.85 bits per heavy atom. The molecule has 0 aliphatic heterocycles. The summed E-state index contributed by atoms with van der Waals surface area (Å²) in [5.74, 6) is -0.661. The van der Waals surface area contributed by atoms with E-state index in [9.17, 15) is 14.0 Å². The second kappa shape index (κ2) is 7.25. The highest BCUT2D eigenvalue weighted by molar-refractivity contribution is 7.20. The third-order valence-corrected chi connectivity index (χ3v) is 5.54. The van der Waals surface area contributed by atoms with Crippen molar-refractivity contribution in [2.24, 2.45) is 0 Å². The lowest BCUT2D eigenvalue weighted by molar-refractivity contribution is 0.0954. The number of benzene rings is 1. The van der Waals surface area contributed by atoms with Crippen molar-refractivity contribution in [3.8, 4) is 0 Å². The molecule has 0 saturated carbocycles. The number of hydrogen-bond donors (Lipinski definition) is 3. The SMILES string of the molecule is O=C(NCc1ccccc1F)c1cc2c(NC(=O)c3nccs3)[nH]nc2s1. The first-order chi connectivity index (χ1) is 13.1. The Morgan fingerprint density at radius 2 is 2.07 bits per heavy atom. The molecule has 0 spiro atoms. The third-order valence-electron chi connectivity index (χ3n) is 3.74. The fourth-order valence-electron chi connectivity index (χ4n) is 2.42. The van der Waals surface area contributed by atoms with Crippen molar-refractivity contribution in [2.75, 3.05) is 5.32 Å². The van der Waals surface area contributed by atoms with Crippen LogP contribution in [0, 0.1) is 5.82 Å². The fraction of sp³-hybridized carbons (Fsp3) is 0.0588. The molecule has 0 bridgehead atoms. The number of aromatic nitrogens is 3. The average molecular weight is 401 g/mol. The van der Waals surface area contributed by atoms with E-state index < -0.39 is 0 Å². The first-order valence-corrected chi connectivity index (χ1v) is 9.52. The van der Waals surface area contributed by atoms with Gasteiger partial charge in [-0.15, -0.1) is 22.7 Å². The van der Waals surface area contributed by atoms with E-state index in [1.165, 1.54) is 28.7 Å². The molecular formula is C17H12FN5O2S2. The van der Waals surface area contributed by atoms with Crippen molar-refractivity contribution < 1.29 is 14.0 Å². The topological polar surface area (TPSA) is 99.8 Å². The van der Waals surface area contributed by atoms with Crippen LogP contribution in [0.4, 0.5) is 10.2 Å². The van der Waals surface area contributed by atoms with Crippen molar-refractivity contribution in [3.63, 3.8) is 0 Å². The molecule has 3 N–H and O–H groups in total. The average Bonchev–Trinajstić information content (AvgIpc) is 3.39. The Balaban J connectivity index is 1.48. The maximum absolute atomic E-state index is 13.6. The molecule has 0 aliphatic carbocycles. The molecule has 0 aliphatic rings. The third kappa shape index (κ3) is 3.57. The van der Waals surface area contributed by atoms with Crippen LogP contribution in [-0.4, -0.2) is 27.0 Å². The van der Waals surface area contributed by atoms with Gasteiger partial charge in [0.15, 0.2) is 5.01 Å². The van der Waals surface area contributed by atoms with Crippen molar-refractivity contribution in [2.45, 2.75) is 6.54 Å². The maximum Gasteiger partial charge on any atom is 0.285 e. The molecule has 4 aromatic rings. The number of nitrogens with one attached hydrogen (secondary N) is 3. The van der Waals surface area contributed by atoms with Gasteiger partial charge >= 0.3 is 0 Å². The van der Waals surface area contributed by atoms with Crippen LogP contribution in [0.5, 0.6) is 0 Å². The lowest BCUT2D eigenvalue weighted by Gasteiger charge is -2.04. The number of amides is 2. The van der Waals surface area contributed by atoms with Crippen LogP contribution in [-0.2, 0) is 6.54 Å². The number of hydrogen-bond acceptors (Lipinski definition) is 6. The van der Waals surface area contributed by atoms with Gasteiger partial charge in [0.05, 0.1) is 10.3 Å². The molecule has 2 amide bonds. The molecule has 27 heavy (non-hydrogen) atoms. The number of fused-ring (bicyclic) bond motifs is 1. The molecule has 10 heteroatoms. The van der Waals surface area contributed by atoms with Crippen molar-refractivity contribution in [1.29, 1.82) is 0 Å². The summed E-state index contributed by atoms with van der Waals surface area (Å²) in [4.78, 5) is 29.4. The summed E-state index contributed by atoms with van der Waals surface area (Å²) in [6, 6.07) is 7.90. The van der Waals surface area contributed by atoms with Crippen molar-refractivity contribution >= 4 is 50.5 Å². The summed E-state index contributed by atoms with van der Waals surface area (Å²) in [7, 11) is 0. The maximum atomic E-state index is 13.6. The highest BCUT2D eigenvalue weighted by Gasteiger charge is 2.18. The number of rotatable bonds is 5. The highest BCUT2D eigenvalue weighted by atomic mass is 32.1. The van der Waals surface area contributed by atoms with Crippen LogP contribution in [0.3, 0.4) is 0 Å². The number of halogens is 1. The van der Waals surface area contributed by atoms with E-state index in [0.717, 1.165) is 0 Å². The lowest BCUT2D eigenvalue weighted by atomic mass is 10.2. The number of carbonyl (C=O) groups excluding carboxylic acids is 2. The minimum absolute atomic E-state index is 0.0841. The Hall–Kier alpha value is -3.11. The van der Waals surface area contributed by atoms with Crippen LogP contribution < -0.4 is 10.6 Å². The molecule has 136 valence electrons. The zero-order chi connectivity index (χ0) is 18.8. The van der Waals surface area contributed by atoms with Gasteiger partial charge in [0.2, 0.25) is 0 Å². The van der Waals surface area contributed by atoms with Crippen LogP contribution in [0.25, 0.3) is 10.2 Å². The Kier molecular flexibility index (Phi) is 4.65. The molecule has 1 aromatic carbocycles. The first-order valence-electron chi connectivity index (χ1n) is 7.82. The van der Waals surface area contributed by atoms with Gasteiger partial charge in [-0.25, -0.2) is 9.37 Å². The summed E-state index contributed by atoms with van der Waals surface area (Å²) in [6.07, 6.45) is 1.55. The zero-order valence-electron chi connectivity index (χ0n) is 13.7. The smallest absolute Gasteiger partial charge is 0.285 e. The molecule has 0 unspecified atom stereocenters. The minimum Gasteiger partial charge on any atom is -0.347 e. The standard InChI is InChI=1S/C17H12FN5O2S2/c18-11-4-2-1-3-9(11)8-20-14(24)12-7-10-13(22-23-16(10)27-12)21-15(25)17-19-5-6-26-17/h1-7H,8H2,(H,20,24)(H2,21,22,23,25). The lowest BCUT2D eigenvalue weighted by Crippen LogP contribution is -2.22. The molecule has 7 nitrogen and oxygen atoms in total. The van der Waals surface area contributed by atoms with E-state index >= 15 is 0 Å². The van der Waals surface area contributed by atoms with Crippen LogP contribution >= 0.6 is 22.7 Å². The fourth-order valence-corrected chi connectivity index (χ4v) is 3.87. The molecule has 0 saturated heterocycles. The second-order valence-corrected chi connectivity index (χ2v) is 7.42. The van der Waals surface area contributed by atoms with E-state index in [-0.39, 0.29) is 24.2 Å². The Bertz CT molecular complexity index is 1120. The zero-order valence-corrected chi connectivity index (χ0v) is 15.3. The van der Waals surface area contributed by atoms with Gasteiger partial charge < -0.3 is 10.6 Å². The largest absolute Gasteiger partial charge is 0.347 e. The number of thiazole rings is 1. The number of anilines is 1. The summed E-state index contributed by atoms with van der Waals surface area (Å²) in [6.45, 7) is 0.0841. The summed E-state index contributed by atoms with van der Waals surface area (Å²) >= 11 is 2.40. The van der Waals surface area contributed by atoms with Gasteiger partial charge in [-0.05, 0) is 12.1 Å². The molecule has 4 rings (SSSR count). The van der Waals surface area contributed by atoms with Gasteiger partial charge in [-0.1, -0.05) is 18.2 Å². The van der Waals surface area contributed by atoms with E-state index in [4.69, 9.17) is 0 Å². The van der Waals surface area contributed by atoms with Crippen molar-refractivity contribution in [1.82, 2.24) is 20.5 Å². The number of H-pyrrole nitrogens is 1. The van der Waals surface area contributed by atoms with Gasteiger partial charge in [0.1, 0.15) is 16.5 Å². The second-order valence-electron chi connectivity index (χ2n) is 5.49. The molecule has 0 atom stereocenters. The number of thiophene rings is 1. The molecule has 3 heterocycles. The van der Waals surface area contributed by atoms with Crippen LogP contribution in [0.2, 0.25) is 0 Å². The molecule has 0 fully saturated rings. The first kappa shape index (κ1) is 17.3. The van der Waals surface area contributed by atoms with Gasteiger partial charge in [0, 0.05) is 23.7 Å². The summed E-state index contributed by atoms with van der Waals surface area (Å²) < 4.78 is 13.6. The van der Waals surface area contributed by atoms with E-state index in [1.807, 2.05) is 0 Å². The van der Waals surface area contributed by atoms with E-state index in [1.54, 1.807) is 35.8 Å². The quantitative estimate of drug-likeness (QED) is 0.477. The van der Waals surface area contributed by atoms with Crippen molar-refractivity contribution in [3.05, 3.63) is 63.2 Å². The number of carbonyl (C=O) groups is 2. The Morgan fingerprint density at radius 1 is 1.22 bits per heavy atom. The van der Waals surface area contributed by atoms with E-state index in [2.05, 4.69) is 25.8 Å². The Labute approximate surface area is 160 Å². The minimum atomic E-state index is -0.369. The predicted octanol–water partition coefficient (Wildman–Crippen LogP) is 3.40. The van der Waals surface area contributed by atoms with E-state index in [0.29, 0.717) is 31.5 Å². The van der Waals surface area contributed by atoms with Gasteiger partial charge in [-0.2, -0.15) is 5.10 Å². The number of nitrogens with zero attached hydrogens (tertiary/aromatic N) is 2. The number of aromatic amines is 1. The molecule has 0 radical (unpaired) electrons. The molecular weight excluding hydrogens is 389 g/mol. The van der Waals surface area contributed by atoms with Crippen LogP contribution in [0.15, 0.2) is 41.9 Å².